The lowest BCUT2D eigenvalue weighted by Gasteiger charge is -2.26. The molecule has 0 spiro atoms. The fourth-order valence-corrected chi connectivity index (χ4v) is 5.49. The minimum Gasteiger partial charge on any atom is -0.487 e. The highest BCUT2D eigenvalue weighted by Crippen LogP contribution is 2.35. The first kappa shape index (κ1) is 23.6. The van der Waals surface area contributed by atoms with Crippen LogP contribution in [0.15, 0.2) is 52.2 Å². The molecule has 11 heteroatoms. The smallest absolute Gasteiger partial charge is 0.335 e. The number of ether oxygens (including phenoxy) is 1. The number of hydrogen-bond acceptors (Lipinski definition) is 6. The zero-order valence-electron chi connectivity index (χ0n) is 17.2. The van der Waals surface area contributed by atoms with E-state index in [1.165, 1.54) is 37.3 Å². The van der Waals surface area contributed by atoms with E-state index < -0.39 is 34.5 Å². The molecule has 0 fully saturated rings. The molecule has 0 aliphatic carbocycles. The van der Waals surface area contributed by atoms with E-state index in [9.17, 15) is 22.0 Å². The van der Waals surface area contributed by atoms with Crippen molar-refractivity contribution in [1.82, 2.24) is 4.98 Å². The van der Waals surface area contributed by atoms with Crippen LogP contribution < -0.4 is 9.04 Å². The molecule has 7 nitrogen and oxygen atoms in total. The zero-order valence-corrected chi connectivity index (χ0v) is 18.8. The summed E-state index contributed by atoms with van der Waals surface area (Å²) in [5, 5.41) is 10.5. The van der Waals surface area contributed by atoms with Crippen LogP contribution in [-0.4, -0.2) is 37.2 Å². The topological polar surface area (TPSA) is 96.8 Å². The molecule has 2 aromatic carbocycles. The summed E-state index contributed by atoms with van der Waals surface area (Å²) in [7, 11) is -4.23. The standard InChI is InChI=1S/C21H20F2N2O5S2/c1-13(22)10-25(32(28,29)21-24-14(2)12-31-21)18-8-7-17(23)9-19(18)30-11-15-3-5-16(6-4-15)20(26)27/h3-9,12-13H,10-11H2,1-2H3,(H,26,27). The van der Waals surface area contributed by atoms with Gasteiger partial charge in [-0.25, -0.2) is 18.6 Å². The van der Waals surface area contributed by atoms with Crippen molar-refractivity contribution in [3.63, 3.8) is 0 Å². The Kier molecular flexibility index (Phi) is 7.09. The maximum atomic E-state index is 14.0. The largest absolute Gasteiger partial charge is 0.487 e. The van der Waals surface area contributed by atoms with Crippen LogP contribution in [0.2, 0.25) is 0 Å². The zero-order chi connectivity index (χ0) is 23.5. The summed E-state index contributed by atoms with van der Waals surface area (Å²) in [6, 6.07) is 9.11. The average molecular weight is 483 g/mol. The van der Waals surface area contributed by atoms with Gasteiger partial charge in [0, 0.05) is 17.1 Å². The lowest BCUT2D eigenvalue weighted by Crippen LogP contribution is -2.35. The van der Waals surface area contributed by atoms with Gasteiger partial charge in [-0.3, -0.25) is 4.31 Å². The predicted molar refractivity (Wildman–Crippen MR) is 116 cm³/mol. The number of aromatic nitrogens is 1. The fraction of sp³-hybridized carbons (Fsp3) is 0.238. The average Bonchev–Trinajstić information content (AvgIpc) is 3.18. The third-order valence-electron chi connectivity index (χ3n) is 4.31. The molecule has 0 radical (unpaired) electrons. The van der Waals surface area contributed by atoms with Crippen LogP contribution in [0.3, 0.4) is 0 Å². The number of halogens is 2. The Morgan fingerprint density at radius 2 is 1.94 bits per heavy atom. The van der Waals surface area contributed by atoms with Crippen LogP contribution >= 0.6 is 11.3 Å². The van der Waals surface area contributed by atoms with E-state index in [4.69, 9.17) is 9.84 Å². The summed E-state index contributed by atoms with van der Waals surface area (Å²) in [5.41, 5.74) is 1.13. The number of aromatic carboxylic acids is 1. The summed E-state index contributed by atoms with van der Waals surface area (Å²) in [6.07, 6.45) is -1.52. The number of hydrogen-bond donors (Lipinski definition) is 1. The van der Waals surface area contributed by atoms with Crippen molar-refractivity contribution in [2.75, 3.05) is 10.8 Å². The van der Waals surface area contributed by atoms with Gasteiger partial charge < -0.3 is 9.84 Å². The summed E-state index contributed by atoms with van der Waals surface area (Å²) in [6.45, 7) is 2.24. The summed E-state index contributed by atoms with van der Waals surface area (Å²) >= 11 is 0.903. The van der Waals surface area contributed by atoms with Gasteiger partial charge in [0.05, 0.1) is 17.8 Å². The van der Waals surface area contributed by atoms with Gasteiger partial charge in [-0.05, 0) is 43.7 Å². The molecule has 1 atom stereocenters. The highest BCUT2D eigenvalue weighted by Gasteiger charge is 2.31. The van der Waals surface area contributed by atoms with E-state index in [0.29, 0.717) is 11.3 Å². The van der Waals surface area contributed by atoms with E-state index >= 15 is 0 Å². The van der Waals surface area contributed by atoms with Gasteiger partial charge in [0.15, 0.2) is 0 Å². The predicted octanol–water partition coefficient (Wildman–Crippen LogP) is 4.42. The lowest BCUT2D eigenvalue weighted by atomic mass is 10.1. The summed E-state index contributed by atoms with van der Waals surface area (Å²) < 4.78 is 60.6. The molecule has 0 saturated carbocycles. The molecule has 1 N–H and O–H groups in total. The van der Waals surface area contributed by atoms with E-state index in [1.807, 2.05) is 0 Å². The number of aryl methyl sites for hydroxylation is 1. The van der Waals surface area contributed by atoms with Crippen molar-refractivity contribution in [2.24, 2.45) is 0 Å². The first-order chi connectivity index (χ1) is 15.1. The number of carbonyl (C=O) groups is 1. The van der Waals surface area contributed by atoms with E-state index in [0.717, 1.165) is 27.8 Å². The molecule has 3 aromatic rings. The first-order valence-electron chi connectivity index (χ1n) is 9.41. The van der Waals surface area contributed by atoms with Gasteiger partial charge in [0.2, 0.25) is 4.34 Å². The number of anilines is 1. The number of sulfonamides is 1. The second-order valence-corrected chi connectivity index (χ2v) is 9.87. The number of carboxylic acids is 1. The highest BCUT2D eigenvalue weighted by atomic mass is 32.2. The lowest BCUT2D eigenvalue weighted by molar-refractivity contribution is 0.0696. The molecular weight excluding hydrogens is 462 g/mol. The number of nitrogens with zero attached hydrogens (tertiary/aromatic N) is 2. The van der Waals surface area contributed by atoms with Crippen molar-refractivity contribution >= 4 is 33.0 Å². The molecule has 1 unspecified atom stereocenters. The maximum Gasteiger partial charge on any atom is 0.335 e. The van der Waals surface area contributed by atoms with Crippen molar-refractivity contribution in [2.45, 2.75) is 31.0 Å². The molecule has 1 aromatic heterocycles. The van der Waals surface area contributed by atoms with Gasteiger partial charge in [0.1, 0.15) is 24.3 Å². The number of rotatable bonds is 9. The van der Waals surface area contributed by atoms with Crippen LogP contribution in [-0.2, 0) is 16.6 Å². The number of thiazole rings is 1. The molecule has 1 heterocycles. The molecular formula is C21H20F2N2O5S2. The second-order valence-electron chi connectivity index (χ2n) is 6.97. The number of carboxylic acid groups (broad SMARTS) is 1. The molecule has 170 valence electrons. The van der Waals surface area contributed by atoms with Crippen LogP contribution in [0.5, 0.6) is 5.75 Å². The molecule has 3 rings (SSSR count). The Morgan fingerprint density at radius 3 is 2.50 bits per heavy atom. The van der Waals surface area contributed by atoms with Gasteiger partial charge >= 0.3 is 5.97 Å². The summed E-state index contributed by atoms with van der Waals surface area (Å²) in [4.78, 5) is 15.0. The Labute approximate surface area is 188 Å². The van der Waals surface area contributed by atoms with E-state index in [-0.39, 0.29) is 27.9 Å². The second kappa shape index (κ2) is 9.61. The van der Waals surface area contributed by atoms with Gasteiger partial charge in [-0.2, -0.15) is 8.42 Å². The Balaban J connectivity index is 1.96. The Morgan fingerprint density at radius 1 is 1.25 bits per heavy atom. The van der Waals surface area contributed by atoms with E-state index in [1.54, 1.807) is 12.3 Å². The van der Waals surface area contributed by atoms with Gasteiger partial charge in [-0.15, -0.1) is 11.3 Å². The number of benzene rings is 2. The quantitative estimate of drug-likeness (QED) is 0.485. The van der Waals surface area contributed by atoms with Crippen LogP contribution in [0, 0.1) is 12.7 Å². The van der Waals surface area contributed by atoms with Crippen LogP contribution in [0.1, 0.15) is 28.5 Å². The van der Waals surface area contributed by atoms with Crippen LogP contribution in [0.4, 0.5) is 14.5 Å². The van der Waals surface area contributed by atoms with Crippen LogP contribution in [0.25, 0.3) is 0 Å². The van der Waals surface area contributed by atoms with Crippen molar-refractivity contribution in [3.8, 4) is 5.75 Å². The molecule has 0 aliphatic rings. The third kappa shape index (κ3) is 5.40. The van der Waals surface area contributed by atoms with Crippen molar-refractivity contribution in [3.05, 3.63) is 70.5 Å². The monoisotopic (exact) mass is 482 g/mol. The highest BCUT2D eigenvalue weighted by molar-refractivity contribution is 7.94. The fourth-order valence-electron chi connectivity index (χ4n) is 2.81. The van der Waals surface area contributed by atoms with E-state index in [2.05, 4.69) is 4.98 Å². The van der Waals surface area contributed by atoms with Crippen molar-refractivity contribution in [1.29, 1.82) is 0 Å². The molecule has 32 heavy (non-hydrogen) atoms. The summed E-state index contributed by atoms with van der Waals surface area (Å²) in [5.74, 6) is -1.85. The minimum absolute atomic E-state index is 0.0362. The third-order valence-corrected chi connectivity index (χ3v) is 7.44. The first-order valence-corrected chi connectivity index (χ1v) is 11.7. The Hall–Kier alpha value is -3.05. The van der Waals surface area contributed by atoms with Crippen molar-refractivity contribution < 1.29 is 31.8 Å². The molecule has 0 aliphatic heterocycles. The van der Waals surface area contributed by atoms with Gasteiger partial charge in [0.25, 0.3) is 10.0 Å². The van der Waals surface area contributed by atoms with Gasteiger partial charge in [-0.1, -0.05) is 12.1 Å². The molecule has 0 amide bonds. The SMILES string of the molecule is Cc1csc(S(=O)(=O)N(CC(C)F)c2ccc(F)cc2OCc2ccc(C(=O)O)cc2)n1. The minimum atomic E-state index is -4.23. The molecule has 0 saturated heterocycles. The normalized spacial score (nSPS) is 12.4. The molecule has 0 bridgehead atoms. The Bertz CT molecular complexity index is 1210. The number of alkyl halides is 1. The maximum absolute atomic E-state index is 14.0.